The van der Waals surface area contributed by atoms with Crippen LogP contribution in [0.1, 0.15) is 258 Å². The molecule has 0 bridgehead atoms. The first-order valence-corrected chi connectivity index (χ1v) is 28.9. The molecule has 0 rings (SSSR count). The van der Waals surface area contributed by atoms with Crippen LogP contribution in [0.3, 0.4) is 0 Å². The van der Waals surface area contributed by atoms with Crippen LogP contribution in [0.5, 0.6) is 0 Å². The lowest BCUT2D eigenvalue weighted by Gasteiger charge is -2.18. The van der Waals surface area contributed by atoms with Crippen LogP contribution in [0.4, 0.5) is 0 Å². The molecule has 0 fully saturated rings. The van der Waals surface area contributed by atoms with Crippen LogP contribution >= 0.6 is 0 Å². The van der Waals surface area contributed by atoms with Crippen LogP contribution in [0.15, 0.2) is 109 Å². The molecule has 0 aromatic heterocycles. The summed E-state index contributed by atoms with van der Waals surface area (Å²) in [5, 5.41) is 0. The van der Waals surface area contributed by atoms with Gasteiger partial charge in [-0.3, -0.25) is 14.4 Å². The van der Waals surface area contributed by atoms with Gasteiger partial charge in [-0.05, 0) is 116 Å². The average molecular weight is 972 g/mol. The third kappa shape index (κ3) is 55.0. The molecule has 0 amide bonds. The van der Waals surface area contributed by atoms with E-state index in [4.69, 9.17) is 14.2 Å². The Kier molecular flexibility index (Phi) is 54.4. The van der Waals surface area contributed by atoms with Crippen molar-refractivity contribution in [3.05, 3.63) is 109 Å². The lowest BCUT2D eigenvalue weighted by atomic mass is 10.1. The number of unbranched alkanes of at least 4 members (excludes halogenated alkanes) is 22. The molecule has 0 spiro atoms. The SMILES string of the molecule is CC/C=C\C/C=C\C/C=C\C/C=C\C/C=C\C/C=C\CCC(=O)OCC(COC(=O)CCCCCCC/C=C\CCCCCCC)OC(=O)CCCCCCCCCCC/C=C\C/C=C\CCCCC. The van der Waals surface area contributed by atoms with Crippen molar-refractivity contribution in [2.75, 3.05) is 13.2 Å². The molecule has 6 heteroatoms. The van der Waals surface area contributed by atoms with Crippen molar-refractivity contribution in [1.29, 1.82) is 0 Å². The van der Waals surface area contributed by atoms with Crippen molar-refractivity contribution in [3.63, 3.8) is 0 Å². The van der Waals surface area contributed by atoms with Gasteiger partial charge in [-0.1, -0.05) is 233 Å². The number of carbonyl (C=O) groups excluding carboxylic acids is 3. The molecule has 398 valence electrons. The van der Waals surface area contributed by atoms with Crippen molar-refractivity contribution in [3.8, 4) is 0 Å². The Morgan fingerprint density at radius 1 is 0.300 bits per heavy atom. The van der Waals surface area contributed by atoms with E-state index >= 15 is 0 Å². The first kappa shape index (κ1) is 66.1. The summed E-state index contributed by atoms with van der Waals surface area (Å²) in [6.45, 7) is 6.42. The smallest absolute Gasteiger partial charge is 0.306 e. The Labute approximate surface area is 431 Å². The zero-order valence-corrected chi connectivity index (χ0v) is 45.5. The quantitative estimate of drug-likeness (QED) is 0.0262. The van der Waals surface area contributed by atoms with Gasteiger partial charge in [-0.15, -0.1) is 0 Å². The number of hydrogen-bond acceptors (Lipinski definition) is 6. The zero-order chi connectivity index (χ0) is 50.7. The minimum atomic E-state index is -0.816. The monoisotopic (exact) mass is 971 g/mol. The molecule has 0 aliphatic rings. The molecule has 1 unspecified atom stereocenters. The fourth-order valence-corrected chi connectivity index (χ4v) is 7.67. The fraction of sp³-hybridized carbons (Fsp3) is 0.672. The van der Waals surface area contributed by atoms with Crippen LogP contribution in [0.25, 0.3) is 0 Å². The molecule has 0 aromatic carbocycles. The van der Waals surface area contributed by atoms with Gasteiger partial charge in [0.2, 0.25) is 0 Å². The van der Waals surface area contributed by atoms with Gasteiger partial charge in [-0.2, -0.15) is 0 Å². The maximum Gasteiger partial charge on any atom is 0.306 e. The van der Waals surface area contributed by atoms with Crippen molar-refractivity contribution >= 4 is 17.9 Å². The van der Waals surface area contributed by atoms with E-state index in [0.29, 0.717) is 19.3 Å². The summed E-state index contributed by atoms with van der Waals surface area (Å²) < 4.78 is 16.8. The topological polar surface area (TPSA) is 78.9 Å². The predicted molar refractivity (Wildman–Crippen MR) is 302 cm³/mol. The van der Waals surface area contributed by atoms with E-state index in [1.807, 2.05) is 6.08 Å². The van der Waals surface area contributed by atoms with E-state index in [1.165, 1.54) is 116 Å². The van der Waals surface area contributed by atoms with E-state index in [9.17, 15) is 14.4 Å². The van der Waals surface area contributed by atoms with E-state index < -0.39 is 6.10 Å². The van der Waals surface area contributed by atoms with Crippen LogP contribution in [0, 0.1) is 0 Å². The van der Waals surface area contributed by atoms with Crippen molar-refractivity contribution < 1.29 is 28.6 Å². The van der Waals surface area contributed by atoms with Gasteiger partial charge in [0.15, 0.2) is 6.10 Å². The van der Waals surface area contributed by atoms with Gasteiger partial charge in [-0.25, -0.2) is 0 Å². The minimum absolute atomic E-state index is 0.108. The molecule has 0 aliphatic carbocycles. The van der Waals surface area contributed by atoms with E-state index in [1.54, 1.807) is 0 Å². The number of rotatable bonds is 51. The largest absolute Gasteiger partial charge is 0.462 e. The molecule has 0 aromatic rings. The van der Waals surface area contributed by atoms with E-state index in [0.717, 1.165) is 96.3 Å². The second kappa shape index (κ2) is 57.6. The zero-order valence-electron chi connectivity index (χ0n) is 45.5. The molecule has 1 atom stereocenters. The second-order valence-electron chi connectivity index (χ2n) is 18.8. The third-order valence-electron chi connectivity index (χ3n) is 12.0. The molecular weight excluding hydrogens is 865 g/mol. The normalized spacial score (nSPS) is 12.9. The number of ether oxygens (including phenoxy) is 3. The van der Waals surface area contributed by atoms with E-state index in [2.05, 4.69) is 124 Å². The molecule has 70 heavy (non-hydrogen) atoms. The van der Waals surface area contributed by atoms with Crippen molar-refractivity contribution in [1.82, 2.24) is 0 Å². The van der Waals surface area contributed by atoms with Crippen LogP contribution in [-0.2, 0) is 28.6 Å². The third-order valence-corrected chi connectivity index (χ3v) is 12.0. The van der Waals surface area contributed by atoms with Crippen molar-refractivity contribution in [2.45, 2.75) is 264 Å². The second-order valence-corrected chi connectivity index (χ2v) is 18.8. The lowest BCUT2D eigenvalue weighted by Crippen LogP contribution is -2.30. The number of allylic oxidation sites excluding steroid dienone is 18. The Bertz CT molecular complexity index is 1440. The van der Waals surface area contributed by atoms with Crippen molar-refractivity contribution in [2.24, 2.45) is 0 Å². The maximum atomic E-state index is 12.9. The summed E-state index contributed by atoms with van der Waals surface area (Å²) in [6, 6.07) is 0. The summed E-state index contributed by atoms with van der Waals surface area (Å²) in [4.78, 5) is 38.1. The summed E-state index contributed by atoms with van der Waals surface area (Å²) in [5.41, 5.74) is 0. The summed E-state index contributed by atoms with van der Waals surface area (Å²) in [7, 11) is 0. The highest BCUT2D eigenvalue weighted by atomic mass is 16.6. The number of esters is 3. The predicted octanol–water partition coefficient (Wildman–Crippen LogP) is 19.5. The Morgan fingerprint density at radius 2 is 0.586 bits per heavy atom. The first-order valence-electron chi connectivity index (χ1n) is 28.9. The van der Waals surface area contributed by atoms with Gasteiger partial charge in [0.1, 0.15) is 13.2 Å². The highest BCUT2D eigenvalue weighted by molar-refractivity contribution is 5.71. The fourth-order valence-electron chi connectivity index (χ4n) is 7.67. The van der Waals surface area contributed by atoms with Crippen LogP contribution < -0.4 is 0 Å². The van der Waals surface area contributed by atoms with Gasteiger partial charge in [0.05, 0.1) is 0 Å². The summed E-state index contributed by atoms with van der Waals surface area (Å²) in [6.07, 6.45) is 78.0. The van der Waals surface area contributed by atoms with Gasteiger partial charge in [0.25, 0.3) is 0 Å². The van der Waals surface area contributed by atoms with Crippen LogP contribution in [0.2, 0.25) is 0 Å². The number of carbonyl (C=O) groups is 3. The Morgan fingerprint density at radius 3 is 1.00 bits per heavy atom. The Balaban J connectivity index is 4.51. The Hall–Kier alpha value is -3.93. The van der Waals surface area contributed by atoms with Gasteiger partial charge in [0, 0.05) is 19.3 Å². The summed E-state index contributed by atoms with van der Waals surface area (Å²) >= 11 is 0. The first-order chi connectivity index (χ1) is 34.5. The number of hydrogen-bond donors (Lipinski definition) is 0. The molecule has 0 saturated carbocycles. The molecule has 0 aliphatic heterocycles. The molecule has 0 N–H and O–H groups in total. The van der Waals surface area contributed by atoms with E-state index in [-0.39, 0.29) is 37.5 Å². The lowest BCUT2D eigenvalue weighted by molar-refractivity contribution is -0.166. The highest BCUT2D eigenvalue weighted by Crippen LogP contribution is 2.14. The molecule has 6 nitrogen and oxygen atoms in total. The van der Waals surface area contributed by atoms with Gasteiger partial charge < -0.3 is 14.2 Å². The molecule has 0 radical (unpaired) electrons. The summed E-state index contributed by atoms with van der Waals surface area (Å²) in [5.74, 6) is -1.01. The maximum absolute atomic E-state index is 12.9. The van der Waals surface area contributed by atoms with Crippen LogP contribution in [-0.4, -0.2) is 37.2 Å². The van der Waals surface area contributed by atoms with Gasteiger partial charge >= 0.3 is 17.9 Å². The standard InChI is InChI=1S/C64H106O6/c1-4-7-10-13-16-19-22-25-28-30-32-34-36-39-42-45-48-51-54-57-63(66)69-60-61(59-68-62(65)56-53-50-47-44-41-38-27-24-21-18-15-12-9-6-3)70-64(67)58-55-52-49-46-43-40-37-35-33-31-29-26-23-20-17-14-11-8-5-2/h7,10,16-17,19-20,24-29,32,34,39,42,48,51,61H,4-6,8-9,11-15,18,21-23,30-31,33,35-38,40-41,43-47,49-50,52-60H2,1-3H3/b10-7-,19-16-,20-17-,27-24-,28-25-,29-26-,34-32-,42-39-,51-48-. The highest BCUT2D eigenvalue weighted by Gasteiger charge is 2.19. The minimum Gasteiger partial charge on any atom is -0.462 e. The molecular formula is C64H106O6. The average Bonchev–Trinajstić information content (AvgIpc) is 3.36. The molecule has 0 heterocycles. The molecule has 0 saturated heterocycles.